The zero-order valence-electron chi connectivity index (χ0n) is 5.50. The second-order valence-electron chi connectivity index (χ2n) is 1.96. The first kappa shape index (κ1) is 7.39. The summed E-state index contributed by atoms with van der Waals surface area (Å²) < 4.78 is 10.5. The Kier molecular flexibility index (Phi) is 2.55. The van der Waals surface area contributed by atoms with Crippen LogP contribution in [0.3, 0.4) is 0 Å². The molecule has 1 radical (unpaired) electrons. The van der Waals surface area contributed by atoms with Gasteiger partial charge in [0.1, 0.15) is 0 Å². The summed E-state index contributed by atoms with van der Waals surface area (Å²) in [6.07, 6.45) is 0. The molecule has 10 heavy (non-hydrogen) atoms. The molecule has 0 aliphatic rings. The average Bonchev–Trinajstić information content (AvgIpc) is 2.04. The SMILES string of the molecule is NCc1ccccc1[PH]=O. The van der Waals surface area contributed by atoms with Crippen LogP contribution in [0, 0.1) is 0 Å². The molecule has 1 unspecified atom stereocenters. The molecule has 0 aromatic heterocycles. The smallest absolute Gasteiger partial charge is 0.0905 e. The minimum atomic E-state index is -0.394. The van der Waals surface area contributed by atoms with Crippen LogP contribution in [-0.2, 0) is 11.1 Å². The van der Waals surface area contributed by atoms with Crippen molar-refractivity contribution in [2.24, 2.45) is 5.73 Å². The summed E-state index contributed by atoms with van der Waals surface area (Å²) in [7, 11) is -0.394. The number of hydrogen-bond acceptors (Lipinski definition) is 2. The van der Waals surface area contributed by atoms with Crippen molar-refractivity contribution in [3.8, 4) is 0 Å². The predicted molar refractivity (Wildman–Crippen MR) is 43.0 cm³/mol. The van der Waals surface area contributed by atoms with Gasteiger partial charge in [0.2, 0.25) is 0 Å². The van der Waals surface area contributed by atoms with Crippen molar-refractivity contribution in [2.75, 3.05) is 0 Å². The zero-order chi connectivity index (χ0) is 7.40. The van der Waals surface area contributed by atoms with Crippen molar-refractivity contribution in [1.82, 2.24) is 0 Å². The lowest BCUT2D eigenvalue weighted by Crippen LogP contribution is -2.06. The van der Waals surface area contributed by atoms with Crippen LogP contribution in [0.2, 0.25) is 0 Å². The fourth-order valence-corrected chi connectivity index (χ4v) is 1.28. The maximum absolute atomic E-state index is 10.5. The Balaban J connectivity index is 3.08. The fourth-order valence-electron chi connectivity index (χ4n) is 0.798. The molecule has 0 spiro atoms. The summed E-state index contributed by atoms with van der Waals surface area (Å²) >= 11 is 0. The average molecular weight is 154 g/mol. The highest BCUT2D eigenvalue weighted by molar-refractivity contribution is 7.34. The lowest BCUT2D eigenvalue weighted by atomic mass is 10.2. The number of nitrogens with two attached hydrogens (primary N) is 1. The van der Waals surface area contributed by atoms with Gasteiger partial charge in [0.25, 0.3) is 0 Å². The molecule has 0 amide bonds. The van der Waals surface area contributed by atoms with E-state index >= 15 is 0 Å². The van der Waals surface area contributed by atoms with Crippen LogP contribution in [0.15, 0.2) is 24.3 Å². The van der Waals surface area contributed by atoms with Crippen LogP contribution in [-0.4, -0.2) is 0 Å². The van der Waals surface area contributed by atoms with Gasteiger partial charge in [0.15, 0.2) is 0 Å². The number of benzene rings is 1. The highest BCUT2D eigenvalue weighted by Gasteiger charge is 1.94. The molecule has 1 atom stereocenters. The van der Waals surface area contributed by atoms with E-state index < -0.39 is 8.46 Å². The molecule has 0 fully saturated rings. The van der Waals surface area contributed by atoms with Crippen molar-refractivity contribution in [3.63, 3.8) is 0 Å². The van der Waals surface area contributed by atoms with Crippen LogP contribution in [0.5, 0.6) is 0 Å². The third-order valence-electron chi connectivity index (χ3n) is 1.35. The van der Waals surface area contributed by atoms with E-state index in [1.165, 1.54) is 0 Å². The van der Waals surface area contributed by atoms with E-state index in [0.29, 0.717) is 6.54 Å². The monoisotopic (exact) mass is 154 g/mol. The molecule has 0 aliphatic heterocycles. The third kappa shape index (κ3) is 1.41. The highest BCUT2D eigenvalue weighted by atomic mass is 31.1. The summed E-state index contributed by atoms with van der Waals surface area (Å²) in [6, 6.07) is 7.47. The van der Waals surface area contributed by atoms with E-state index in [1.54, 1.807) is 0 Å². The van der Waals surface area contributed by atoms with Crippen LogP contribution in [0.25, 0.3) is 0 Å². The Bertz CT molecular complexity index is 237. The van der Waals surface area contributed by atoms with Gasteiger partial charge in [-0.05, 0) is 11.6 Å². The second kappa shape index (κ2) is 3.45. The zero-order valence-corrected chi connectivity index (χ0v) is 6.50. The predicted octanol–water partition coefficient (Wildman–Crippen LogP) is 0.795. The van der Waals surface area contributed by atoms with E-state index in [0.717, 1.165) is 10.9 Å². The minimum absolute atomic E-state index is 0.394. The topological polar surface area (TPSA) is 43.1 Å². The summed E-state index contributed by atoms with van der Waals surface area (Å²) in [6.45, 7) is 0.464. The molecular formula is C7H9NOP. The van der Waals surface area contributed by atoms with E-state index in [4.69, 9.17) is 5.73 Å². The molecule has 2 N–H and O–H groups in total. The van der Waals surface area contributed by atoms with Crippen LogP contribution in [0.4, 0.5) is 0 Å². The van der Waals surface area contributed by atoms with Crippen molar-refractivity contribution in [2.45, 2.75) is 6.54 Å². The summed E-state index contributed by atoms with van der Waals surface area (Å²) in [4.78, 5) is 0. The lowest BCUT2D eigenvalue weighted by Gasteiger charge is -1.97. The lowest BCUT2D eigenvalue weighted by molar-refractivity contribution is 0.603. The first-order valence-electron chi connectivity index (χ1n) is 3.04. The van der Waals surface area contributed by atoms with Gasteiger partial charge >= 0.3 is 0 Å². The van der Waals surface area contributed by atoms with Gasteiger partial charge in [-0.2, -0.15) is 0 Å². The Hall–Kier alpha value is -0.720. The van der Waals surface area contributed by atoms with Crippen LogP contribution < -0.4 is 11.0 Å². The van der Waals surface area contributed by atoms with E-state index in [2.05, 4.69) is 0 Å². The molecule has 0 saturated heterocycles. The van der Waals surface area contributed by atoms with Crippen molar-refractivity contribution < 1.29 is 4.57 Å². The van der Waals surface area contributed by atoms with Crippen molar-refractivity contribution >= 4 is 13.8 Å². The Labute approximate surface area is 61.3 Å². The summed E-state index contributed by atoms with van der Waals surface area (Å²) in [5, 5.41) is 0.838. The molecule has 2 nitrogen and oxygen atoms in total. The first-order chi connectivity index (χ1) is 4.88. The number of hydrogen-bond donors (Lipinski definition) is 1. The molecule has 53 valence electrons. The molecule has 0 heterocycles. The third-order valence-corrected chi connectivity index (χ3v) is 2.05. The van der Waals surface area contributed by atoms with Crippen molar-refractivity contribution in [1.29, 1.82) is 0 Å². The molecule has 3 heteroatoms. The highest BCUT2D eigenvalue weighted by Crippen LogP contribution is 2.01. The molecule has 1 rings (SSSR count). The van der Waals surface area contributed by atoms with Gasteiger partial charge in [-0.25, -0.2) is 0 Å². The van der Waals surface area contributed by atoms with Crippen molar-refractivity contribution in [3.05, 3.63) is 29.8 Å². The van der Waals surface area contributed by atoms with Gasteiger partial charge in [0, 0.05) is 11.8 Å². The van der Waals surface area contributed by atoms with E-state index in [9.17, 15) is 4.57 Å². The van der Waals surface area contributed by atoms with Gasteiger partial charge in [-0.15, -0.1) is 0 Å². The minimum Gasteiger partial charge on any atom is -0.326 e. The Morgan fingerprint density at radius 3 is 2.60 bits per heavy atom. The standard InChI is InChI=1S/C7H9NOP/c8-5-6-3-1-2-4-7(6)10-9/h1-4,10H,5,8H2. The maximum Gasteiger partial charge on any atom is 0.0905 e. The normalized spacial score (nSPS) is 10.1. The maximum atomic E-state index is 10.5. The van der Waals surface area contributed by atoms with Gasteiger partial charge in [-0.3, -0.25) is 4.57 Å². The molecular weight excluding hydrogens is 145 g/mol. The van der Waals surface area contributed by atoms with Gasteiger partial charge < -0.3 is 5.73 Å². The quantitative estimate of drug-likeness (QED) is 0.640. The second-order valence-corrected chi connectivity index (χ2v) is 2.71. The Morgan fingerprint density at radius 2 is 2.10 bits per heavy atom. The largest absolute Gasteiger partial charge is 0.326 e. The van der Waals surface area contributed by atoms with Crippen LogP contribution >= 0.6 is 8.46 Å². The fraction of sp³-hybridized carbons (Fsp3) is 0.143. The first-order valence-corrected chi connectivity index (χ1v) is 3.95. The van der Waals surface area contributed by atoms with Gasteiger partial charge in [0.05, 0.1) is 8.46 Å². The number of rotatable bonds is 2. The molecule has 0 aliphatic carbocycles. The summed E-state index contributed by atoms with van der Waals surface area (Å²) in [5.41, 5.74) is 6.36. The van der Waals surface area contributed by atoms with E-state index in [1.807, 2.05) is 24.3 Å². The summed E-state index contributed by atoms with van der Waals surface area (Å²) in [5.74, 6) is 0. The molecule has 1 aromatic carbocycles. The van der Waals surface area contributed by atoms with E-state index in [-0.39, 0.29) is 0 Å². The molecule has 0 bridgehead atoms. The van der Waals surface area contributed by atoms with Crippen LogP contribution in [0.1, 0.15) is 5.56 Å². The Morgan fingerprint density at radius 1 is 1.40 bits per heavy atom. The van der Waals surface area contributed by atoms with Gasteiger partial charge in [-0.1, -0.05) is 18.2 Å². The molecule has 0 saturated carbocycles. The molecule has 1 aromatic rings.